The molecule has 0 saturated heterocycles. The van der Waals surface area contributed by atoms with Crippen molar-refractivity contribution in [1.29, 1.82) is 0 Å². The van der Waals surface area contributed by atoms with Gasteiger partial charge in [0.05, 0.1) is 10.2 Å². The van der Waals surface area contributed by atoms with Gasteiger partial charge in [-0.3, -0.25) is 4.79 Å². The predicted octanol–water partition coefficient (Wildman–Crippen LogP) is 2.44. The van der Waals surface area contributed by atoms with Crippen LogP contribution in [-0.2, 0) is 4.79 Å². The number of hydrogen-bond acceptors (Lipinski definition) is 2. The van der Waals surface area contributed by atoms with Crippen LogP contribution in [0.1, 0.15) is 13.8 Å². The highest BCUT2D eigenvalue weighted by Crippen LogP contribution is 2.24. The second kappa shape index (κ2) is 4.47. The van der Waals surface area contributed by atoms with Gasteiger partial charge in [-0.25, -0.2) is 8.78 Å². The summed E-state index contributed by atoms with van der Waals surface area (Å²) in [5, 5.41) is 11.5. The first-order valence-electron chi connectivity index (χ1n) is 4.40. The lowest BCUT2D eigenvalue weighted by atomic mass is 10.1. The molecule has 0 aliphatic carbocycles. The molecule has 0 fully saturated rings. The van der Waals surface area contributed by atoms with Crippen LogP contribution in [-0.4, -0.2) is 16.6 Å². The Kier molecular flexibility index (Phi) is 3.64. The summed E-state index contributed by atoms with van der Waals surface area (Å²) in [6.45, 7) is 2.53. The number of carbonyl (C=O) groups excluding carboxylic acids is 1. The van der Waals surface area contributed by atoms with Crippen molar-refractivity contribution in [2.75, 3.05) is 5.32 Å². The minimum absolute atomic E-state index is 0.0277. The molecule has 0 aromatic heterocycles. The zero-order chi connectivity index (χ0) is 12.5. The molecule has 1 aromatic rings. The van der Waals surface area contributed by atoms with Crippen molar-refractivity contribution < 1.29 is 18.7 Å². The smallest absolute Gasteiger partial charge is 0.255 e. The summed E-state index contributed by atoms with van der Waals surface area (Å²) in [4.78, 5) is 11.3. The van der Waals surface area contributed by atoms with Crippen molar-refractivity contribution in [2.45, 2.75) is 19.4 Å². The van der Waals surface area contributed by atoms with Crippen LogP contribution < -0.4 is 5.32 Å². The Hall–Kier alpha value is -1.01. The van der Waals surface area contributed by atoms with Gasteiger partial charge >= 0.3 is 0 Å². The number of benzene rings is 1. The SMILES string of the molecule is CC(C)(O)C(=O)Nc1cc(Br)c(F)cc1F. The number of halogens is 3. The number of carbonyl (C=O) groups is 1. The Bertz CT molecular complexity index is 430. The van der Waals surface area contributed by atoms with Crippen molar-refractivity contribution in [3.05, 3.63) is 28.2 Å². The fraction of sp³-hybridized carbons (Fsp3) is 0.300. The average Bonchev–Trinajstić information content (AvgIpc) is 2.12. The third-order valence-electron chi connectivity index (χ3n) is 1.81. The highest BCUT2D eigenvalue weighted by atomic mass is 79.9. The normalized spacial score (nSPS) is 11.4. The fourth-order valence-corrected chi connectivity index (χ4v) is 1.24. The summed E-state index contributed by atoms with van der Waals surface area (Å²) in [6.07, 6.45) is 0. The van der Waals surface area contributed by atoms with E-state index in [0.29, 0.717) is 6.07 Å². The number of amides is 1. The number of rotatable bonds is 2. The molecule has 0 spiro atoms. The number of anilines is 1. The zero-order valence-corrected chi connectivity index (χ0v) is 10.2. The van der Waals surface area contributed by atoms with Crippen LogP contribution >= 0.6 is 15.9 Å². The molecule has 0 atom stereocenters. The molecular formula is C10H10BrF2NO2. The third kappa shape index (κ3) is 2.99. The molecule has 6 heteroatoms. The van der Waals surface area contributed by atoms with E-state index in [-0.39, 0.29) is 10.2 Å². The molecule has 88 valence electrons. The minimum Gasteiger partial charge on any atom is -0.381 e. The van der Waals surface area contributed by atoms with E-state index in [1.54, 1.807) is 0 Å². The van der Waals surface area contributed by atoms with Crippen LogP contribution in [0, 0.1) is 11.6 Å². The maximum absolute atomic E-state index is 13.2. The molecule has 16 heavy (non-hydrogen) atoms. The number of hydrogen-bond donors (Lipinski definition) is 2. The first-order chi connectivity index (χ1) is 7.21. The number of nitrogens with one attached hydrogen (secondary N) is 1. The molecule has 0 radical (unpaired) electrons. The molecule has 1 rings (SSSR count). The predicted molar refractivity (Wildman–Crippen MR) is 59.0 cm³/mol. The third-order valence-corrected chi connectivity index (χ3v) is 2.42. The van der Waals surface area contributed by atoms with Crippen molar-refractivity contribution >= 4 is 27.5 Å². The maximum Gasteiger partial charge on any atom is 0.255 e. The second-order valence-corrected chi connectivity index (χ2v) is 4.61. The molecule has 0 heterocycles. The zero-order valence-electron chi connectivity index (χ0n) is 8.64. The van der Waals surface area contributed by atoms with E-state index in [9.17, 15) is 18.7 Å². The van der Waals surface area contributed by atoms with Gasteiger partial charge in [0.15, 0.2) is 0 Å². The molecule has 2 N–H and O–H groups in total. The molecule has 0 aliphatic rings. The Morgan fingerprint density at radius 3 is 2.44 bits per heavy atom. The van der Waals surface area contributed by atoms with Crippen LogP contribution in [0.2, 0.25) is 0 Å². The van der Waals surface area contributed by atoms with E-state index in [4.69, 9.17) is 0 Å². The monoisotopic (exact) mass is 293 g/mol. The van der Waals surface area contributed by atoms with Crippen LogP contribution in [0.5, 0.6) is 0 Å². The lowest BCUT2D eigenvalue weighted by Gasteiger charge is -2.17. The standard InChI is InChI=1S/C10H10BrF2NO2/c1-10(2,16)9(15)14-8-3-5(11)6(12)4-7(8)13/h3-4,16H,1-2H3,(H,14,15). The van der Waals surface area contributed by atoms with Gasteiger partial charge in [-0.1, -0.05) is 0 Å². The topological polar surface area (TPSA) is 49.3 Å². The Balaban J connectivity index is 2.99. The van der Waals surface area contributed by atoms with Crippen molar-refractivity contribution in [2.24, 2.45) is 0 Å². The van der Waals surface area contributed by atoms with E-state index in [0.717, 1.165) is 6.07 Å². The summed E-state index contributed by atoms with van der Waals surface area (Å²) in [5.41, 5.74) is -1.83. The van der Waals surface area contributed by atoms with E-state index < -0.39 is 23.1 Å². The quantitative estimate of drug-likeness (QED) is 0.823. The van der Waals surface area contributed by atoms with Crippen molar-refractivity contribution in [1.82, 2.24) is 0 Å². The maximum atomic E-state index is 13.2. The molecule has 3 nitrogen and oxygen atoms in total. The largest absolute Gasteiger partial charge is 0.381 e. The average molecular weight is 294 g/mol. The fourth-order valence-electron chi connectivity index (χ4n) is 0.894. The Morgan fingerprint density at radius 1 is 1.38 bits per heavy atom. The first-order valence-corrected chi connectivity index (χ1v) is 5.19. The molecule has 0 aliphatic heterocycles. The lowest BCUT2D eigenvalue weighted by molar-refractivity contribution is -0.130. The van der Waals surface area contributed by atoms with E-state index in [2.05, 4.69) is 21.2 Å². The van der Waals surface area contributed by atoms with E-state index in [1.807, 2.05) is 0 Å². The summed E-state index contributed by atoms with van der Waals surface area (Å²) in [7, 11) is 0. The van der Waals surface area contributed by atoms with Gasteiger partial charge in [0.1, 0.15) is 17.2 Å². The Morgan fingerprint density at radius 2 is 1.94 bits per heavy atom. The molecule has 0 saturated carbocycles. The van der Waals surface area contributed by atoms with Gasteiger partial charge in [-0.2, -0.15) is 0 Å². The summed E-state index contributed by atoms with van der Waals surface area (Å²) in [5.74, 6) is -2.44. The number of aliphatic hydroxyl groups is 1. The van der Waals surface area contributed by atoms with E-state index >= 15 is 0 Å². The van der Waals surface area contributed by atoms with Crippen LogP contribution in [0.15, 0.2) is 16.6 Å². The van der Waals surface area contributed by atoms with Gasteiger partial charge in [-0.15, -0.1) is 0 Å². The first kappa shape index (κ1) is 13.1. The summed E-state index contributed by atoms with van der Waals surface area (Å²) < 4.78 is 26.1. The van der Waals surface area contributed by atoms with Gasteiger partial charge in [0.2, 0.25) is 0 Å². The molecular weight excluding hydrogens is 284 g/mol. The molecule has 0 bridgehead atoms. The molecule has 1 aromatic carbocycles. The summed E-state index contributed by atoms with van der Waals surface area (Å²) >= 11 is 2.87. The molecule has 1 amide bonds. The second-order valence-electron chi connectivity index (χ2n) is 3.76. The van der Waals surface area contributed by atoms with Gasteiger partial charge in [-0.05, 0) is 35.8 Å². The highest BCUT2D eigenvalue weighted by Gasteiger charge is 2.24. The van der Waals surface area contributed by atoms with Crippen LogP contribution in [0.25, 0.3) is 0 Å². The molecule has 0 unspecified atom stereocenters. The summed E-state index contributed by atoms with van der Waals surface area (Å²) in [6, 6.07) is 1.73. The van der Waals surface area contributed by atoms with Crippen LogP contribution in [0.4, 0.5) is 14.5 Å². The van der Waals surface area contributed by atoms with Crippen LogP contribution in [0.3, 0.4) is 0 Å². The van der Waals surface area contributed by atoms with E-state index in [1.165, 1.54) is 13.8 Å². The van der Waals surface area contributed by atoms with Gasteiger partial charge < -0.3 is 10.4 Å². The van der Waals surface area contributed by atoms with Crippen molar-refractivity contribution in [3.8, 4) is 0 Å². The minimum atomic E-state index is -1.63. The van der Waals surface area contributed by atoms with Crippen molar-refractivity contribution in [3.63, 3.8) is 0 Å². The van der Waals surface area contributed by atoms with Gasteiger partial charge in [0.25, 0.3) is 5.91 Å². The highest BCUT2D eigenvalue weighted by molar-refractivity contribution is 9.10. The Labute approximate surface area is 99.6 Å². The van der Waals surface area contributed by atoms with Gasteiger partial charge in [0, 0.05) is 6.07 Å². The lowest BCUT2D eigenvalue weighted by Crippen LogP contribution is -2.36.